The average Bonchev–Trinajstić information content (AvgIpc) is 2.86. The van der Waals surface area contributed by atoms with Crippen LogP contribution in [0.1, 0.15) is 64.6 Å². The zero-order valence-corrected chi connectivity index (χ0v) is 12.9. The smallest absolute Gasteiger partial charge is 0.156 e. The molecule has 1 saturated carbocycles. The van der Waals surface area contributed by atoms with Gasteiger partial charge in [0, 0.05) is 6.20 Å². The molecule has 0 aliphatic heterocycles. The Hall–Kier alpha value is -1.16. The minimum Gasteiger partial charge on any atom is -0.321 e. The molecule has 0 bridgehead atoms. The molecule has 2 N–H and O–H groups in total. The largest absolute Gasteiger partial charge is 0.321 e. The molecule has 1 aliphatic rings. The number of rotatable bonds is 4. The second-order valence-electron chi connectivity index (χ2n) is 7.07. The minimum atomic E-state index is -0.428. The molecule has 0 spiro atoms. The molecular weight excluding hydrogens is 250 g/mol. The van der Waals surface area contributed by atoms with Gasteiger partial charge in [0.05, 0.1) is 24.2 Å². The second kappa shape index (κ2) is 6.08. The molecule has 1 aromatic heterocycles. The summed E-state index contributed by atoms with van der Waals surface area (Å²) in [5, 5.41) is 4.58. The number of nitrogens with zero attached hydrogens (tertiary/aromatic N) is 2. The molecule has 20 heavy (non-hydrogen) atoms. The zero-order chi connectivity index (χ0) is 14.8. The van der Waals surface area contributed by atoms with Crippen molar-refractivity contribution in [3.63, 3.8) is 0 Å². The fraction of sp³-hybridized carbons (Fsp3) is 0.750. The van der Waals surface area contributed by atoms with Gasteiger partial charge < -0.3 is 5.73 Å². The standard InChI is InChI=1S/C16H27N3O/c1-16(2,3)15(17)14(20)11-12-9-10-19(18-12)13-7-5-4-6-8-13/h9-10,13,15H,4-8,11,17H2,1-3H3. The Morgan fingerprint density at radius 3 is 2.65 bits per heavy atom. The number of ketones is 1. The van der Waals surface area contributed by atoms with Gasteiger partial charge in [-0.15, -0.1) is 0 Å². The minimum absolute atomic E-state index is 0.0754. The lowest BCUT2D eigenvalue weighted by molar-refractivity contribution is -0.121. The van der Waals surface area contributed by atoms with Crippen LogP contribution in [0.4, 0.5) is 0 Å². The van der Waals surface area contributed by atoms with Gasteiger partial charge in [0.15, 0.2) is 5.78 Å². The van der Waals surface area contributed by atoms with Crippen molar-refractivity contribution in [2.24, 2.45) is 11.1 Å². The van der Waals surface area contributed by atoms with Crippen molar-refractivity contribution in [3.8, 4) is 0 Å². The first-order valence-electron chi connectivity index (χ1n) is 7.70. The SMILES string of the molecule is CC(C)(C)C(N)C(=O)Cc1ccn(C2CCCCC2)n1. The van der Waals surface area contributed by atoms with Crippen molar-refractivity contribution >= 4 is 5.78 Å². The predicted molar refractivity (Wildman–Crippen MR) is 80.5 cm³/mol. The average molecular weight is 277 g/mol. The summed E-state index contributed by atoms with van der Waals surface area (Å²) in [6.45, 7) is 5.99. The Bertz CT molecular complexity index is 453. The molecule has 0 radical (unpaired) electrons. The second-order valence-corrected chi connectivity index (χ2v) is 7.07. The maximum atomic E-state index is 12.2. The van der Waals surface area contributed by atoms with Crippen LogP contribution in [0.25, 0.3) is 0 Å². The van der Waals surface area contributed by atoms with E-state index >= 15 is 0 Å². The summed E-state index contributed by atoms with van der Waals surface area (Å²) >= 11 is 0. The number of carbonyl (C=O) groups excluding carboxylic acids is 1. The topological polar surface area (TPSA) is 60.9 Å². The number of hydrogen-bond donors (Lipinski definition) is 1. The summed E-state index contributed by atoms with van der Waals surface area (Å²) in [7, 11) is 0. The molecule has 1 heterocycles. The normalized spacial score (nSPS) is 19.0. The third kappa shape index (κ3) is 3.69. The molecule has 0 aromatic carbocycles. The number of nitrogens with two attached hydrogens (primary N) is 1. The Kier molecular flexibility index (Phi) is 4.63. The summed E-state index contributed by atoms with van der Waals surface area (Å²) < 4.78 is 2.05. The lowest BCUT2D eigenvalue weighted by Gasteiger charge is -2.25. The fourth-order valence-electron chi connectivity index (χ4n) is 2.79. The lowest BCUT2D eigenvalue weighted by Crippen LogP contribution is -2.43. The number of hydrogen-bond acceptors (Lipinski definition) is 3. The highest BCUT2D eigenvalue weighted by atomic mass is 16.1. The van der Waals surface area contributed by atoms with Crippen LogP contribution in [-0.4, -0.2) is 21.6 Å². The van der Waals surface area contributed by atoms with Crippen LogP contribution in [0.15, 0.2) is 12.3 Å². The molecule has 2 rings (SSSR count). The van der Waals surface area contributed by atoms with E-state index in [1.165, 1.54) is 32.1 Å². The summed E-state index contributed by atoms with van der Waals surface area (Å²) in [5.41, 5.74) is 6.66. The van der Waals surface area contributed by atoms with E-state index in [9.17, 15) is 4.79 Å². The molecule has 4 nitrogen and oxygen atoms in total. The molecule has 0 saturated heterocycles. The number of aromatic nitrogens is 2. The van der Waals surface area contributed by atoms with Crippen LogP contribution in [0.2, 0.25) is 0 Å². The van der Waals surface area contributed by atoms with Crippen molar-refractivity contribution in [1.29, 1.82) is 0 Å². The number of Topliss-reactive ketones (excluding diaryl/α,β-unsaturated/α-hetero) is 1. The molecular formula is C16H27N3O. The monoisotopic (exact) mass is 277 g/mol. The van der Waals surface area contributed by atoms with Crippen LogP contribution in [0.3, 0.4) is 0 Å². The van der Waals surface area contributed by atoms with E-state index in [0.29, 0.717) is 12.5 Å². The van der Waals surface area contributed by atoms with E-state index in [1.54, 1.807) is 0 Å². The highest BCUT2D eigenvalue weighted by molar-refractivity contribution is 5.86. The molecule has 112 valence electrons. The molecule has 1 fully saturated rings. The van der Waals surface area contributed by atoms with Gasteiger partial charge in [0.25, 0.3) is 0 Å². The van der Waals surface area contributed by atoms with Crippen molar-refractivity contribution in [3.05, 3.63) is 18.0 Å². The Morgan fingerprint density at radius 1 is 1.40 bits per heavy atom. The van der Waals surface area contributed by atoms with Gasteiger partial charge in [-0.1, -0.05) is 40.0 Å². The van der Waals surface area contributed by atoms with Gasteiger partial charge in [-0.2, -0.15) is 5.10 Å². The van der Waals surface area contributed by atoms with Crippen LogP contribution in [-0.2, 0) is 11.2 Å². The first kappa shape index (κ1) is 15.2. The zero-order valence-electron chi connectivity index (χ0n) is 12.9. The molecule has 1 aromatic rings. The highest BCUT2D eigenvalue weighted by Gasteiger charge is 2.27. The van der Waals surface area contributed by atoms with E-state index < -0.39 is 6.04 Å². The summed E-state index contributed by atoms with van der Waals surface area (Å²) in [5.74, 6) is 0.0754. The van der Waals surface area contributed by atoms with Crippen LogP contribution < -0.4 is 5.73 Å². The third-order valence-electron chi connectivity index (χ3n) is 4.25. The molecule has 1 atom stereocenters. The molecule has 0 amide bonds. The Morgan fingerprint density at radius 2 is 2.05 bits per heavy atom. The third-order valence-corrected chi connectivity index (χ3v) is 4.25. The maximum absolute atomic E-state index is 12.2. The molecule has 1 unspecified atom stereocenters. The van der Waals surface area contributed by atoms with Gasteiger partial charge in [0.2, 0.25) is 0 Å². The van der Waals surface area contributed by atoms with Crippen LogP contribution in [0.5, 0.6) is 0 Å². The van der Waals surface area contributed by atoms with E-state index in [4.69, 9.17) is 5.73 Å². The van der Waals surface area contributed by atoms with E-state index in [1.807, 2.05) is 37.7 Å². The quantitative estimate of drug-likeness (QED) is 0.920. The van der Waals surface area contributed by atoms with Crippen molar-refractivity contribution in [2.75, 3.05) is 0 Å². The highest BCUT2D eigenvalue weighted by Crippen LogP contribution is 2.27. The molecule has 4 heteroatoms. The van der Waals surface area contributed by atoms with E-state index in [-0.39, 0.29) is 11.2 Å². The van der Waals surface area contributed by atoms with Crippen molar-refractivity contribution in [2.45, 2.75) is 71.4 Å². The van der Waals surface area contributed by atoms with Crippen molar-refractivity contribution in [1.82, 2.24) is 9.78 Å². The van der Waals surface area contributed by atoms with Gasteiger partial charge >= 0.3 is 0 Å². The van der Waals surface area contributed by atoms with Crippen LogP contribution in [0, 0.1) is 5.41 Å². The fourth-order valence-corrected chi connectivity index (χ4v) is 2.79. The van der Waals surface area contributed by atoms with Crippen molar-refractivity contribution < 1.29 is 4.79 Å². The Balaban J connectivity index is 1.97. The van der Waals surface area contributed by atoms with E-state index in [0.717, 1.165) is 5.69 Å². The first-order chi connectivity index (χ1) is 9.38. The van der Waals surface area contributed by atoms with Gasteiger partial charge in [0.1, 0.15) is 0 Å². The lowest BCUT2D eigenvalue weighted by atomic mass is 9.84. The summed E-state index contributed by atoms with van der Waals surface area (Å²) in [6, 6.07) is 2.05. The summed E-state index contributed by atoms with van der Waals surface area (Å²) in [4.78, 5) is 12.2. The number of carbonyl (C=O) groups is 1. The van der Waals surface area contributed by atoms with Gasteiger partial charge in [-0.3, -0.25) is 9.48 Å². The summed E-state index contributed by atoms with van der Waals surface area (Å²) in [6.07, 6.45) is 8.68. The predicted octanol–water partition coefficient (Wildman–Crippen LogP) is 2.87. The van der Waals surface area contributed by atoms with Crippen LogP contribution >= 0.6 is 0 Å². The van der Waals surface area contributed by atoms with Gasteiger partial charge in [-0.25, -0.2) is 0 Å². The maximum Gasteiger partial charge on any atom is 0.156 e. The Labute approximate surface area is 121 Å². The van der Waals surface area contributed by atoms with Gasteiger partial charge in [-0.05, 0) is 24.3 Å². The first-order valence-corrected chi connectivity index (χ1v) is 7.70. The molecule has 1 aliphatic carbocycles. The van der Waals surface area contributed by atoms with E-state index in [2.05, 4.69) is 5.10 Å².